The molecule has 4 rings (SSSR count). The first kappa shape index (κ1) is 37.2. The summed E-state index contributed by atoms with van der Waals surface area (Å²) in [5, 5.41) is 13.1. The number of terminal acetylenes is 1. The van der Waals surface area contributed by atoms with Crippen molar-refractivity contribution >= 4 is 42.0 Å². The van der Waals surface area contributed by atoms with Crippen LogP contribution in [0.5, 0.6) is 11.5 Å². The number of amides is 1. The first-order valence-corrected chi connectivity index (χ1v) is 16.6. The molecular weight excluding hydrogens is 663 g/mol. The molecular formula is C32H38F2N7O7P. The van der Waals surface area contributed by atoms with Crippen molar-refractivity contribution in [2.75, 3.05) is 50.6 Å². The van der Waals surface area contributed by atoms with E-state index in [0.29, 0.717) is 78.5 Å². The van der Waals surface area contributed by atoms with E-state index in [0.717, 1.165) is 12.1 Å². The highest BCUT2D eigenvalue weighted by atomic mass is 31.2. The molecule has 2 aromatic carbocycles. The second-order valence-electron chi connectivity index (χ2n) is 11.7. The number of phosphoric ester groups is 1. The number of aromatic amines is 1. The minimum atomic E-state index is -4.20. The monoisotopic (exact) mass is 701 g/mol. The molecule has 0 bridgehead atoms. The lowest BCUT2D eigenvalue weighted by Gasteiger charge is -2.24. The summed E-state index contributed by atoms with van der Waals surface area (Å²) < 4.78 is 60.8. The van der Waals surface area contributed by atoms with Crippen molar-refractivity contribution in [2.45, 2.75) is 39.2 Å². The van der Waals surface area contributed by atoms with Crippen LogP contribution in [0.15, 0.2) is 42.7 Å². The number of nitrogens with zero attached hydrogens (tertiary/aromatic N) is 4. The smallest absolute Gasteiger partial charge is 0.472 e. The normalized spacial score (nSPS) is 12.8. The van der Waals surface area contributed by atoms with Gasteiger partial charge in [-0.1, -0.05) is 5.92 Å². The number of hydrogen-bond acceptors (Lipinski definition) is 11. The maximum atomic E-state index is 13.4. The number of nitrogens with one attached hydrogen (secondary N) is 3. The predicted octanol–water partition coefficient (Wildman–Crippen LogP) is 5.20. The van der Waals surface area contributed by atoms with Crippen LogP contribution in [0.4, 0.5) is 26.1 Å². The van der Waals surface area contributed by atoms with Crippen molar-refractivity contribution in [1.82, 2.24) is 25.1 Å². The van der Waals surface area contributed by atoms with Crippen molar-refractivity contribution in [3.8, 4) is 23.8 Å². The summed E-state index contributed by atoms with van der Waals surface area (Å²) in [5.41, 5.74) is 0.168. The summed E-state index contributed by atoms with van der Waals surface area (Å²) in [6, 6.07) is 7.80. The lowest BCUT2D eigenvalue weighted by atomic mass is 10.2. The molecule has 4 N–H and O–H groups in total. The summed E-state index contributed by atoms with van der Waals surface area (Å²) >= 11 is 0. The molecule has 2 aromatic heterocycles. The van der Waals surface area contributed by atoms with E-state index in [-0.39, 0.29) is 18.7 Å². The number of aromatic nitrogens is 4. The van der Waals surface area contributed by atoms with E-state index in [1.165, 1.54) is 13.4 Å². The number of ether oxygens (including phenoxy) is 2. The Morgan fingerprint density at radius 1 is 1.08 bits per heavy atom. The molecule has 2 heterocycles. The Kier molecular flexibility index (Phi) is 12.6. The molecule has 0 radical (unpaired) electrons. The lowest BCUT2D eigenvalue weighted by molar-refractivity contribution is -0.115. The molecule has 1 amide bonds. The maximum absolute atomic E-state index is 13.4. The number of carbonyl (C=O) groups is 1. The topological polar surface area (TPSA) is 173 Å². The zero-order valence-corrected chi connectivity index (χ0v) is 28.4. The molecule has 0 aliphatic rings. The predicted molar refractivity (Wildman–Crippen MR) is 179 cm³/mol. The van der Waals surface area contributed by atoms with Gasteiger partial charge in [0.05, 0.1) is 44.4 Å². The van der Waals surface area contributed by atoms with Gasteiger partial charge in [-0.15, -0.1) is 6.42 Å². The third-order valence-corrected chi connectivity index (χ3v) is 7.83. The van der Waals surface area contributed by atoms with Crippen LogP contribution >= 0.6 is 7.82 Å². The number of benzene rings is 2. The zero-order chi connectivity index (χ0) is 35.6. The van der Waals surface area contributed by atoms with Gasteiger partial charge in [0.1, 0.15) is 23.8 Å². The zero-order valence-electron chi connectivity index (χ0n) is 27.5. The van der Waals surface area contributed by atoms with E-state index in [9.17, 15) is 23.0 Å². The van der Waals surface area contributed by atoms with Crippen LogP contribution in [0, 0.1) is 24.0 Å². The van der Waals surface area contributed by atoms with Crippen LogP contribution < -0.4 is 20.1 Å². The standard InChI is InChI=1S/C32H38F2N7O7P/c1-6-8-41(10-12-47-49(43,44)48-32(2,3)4)9-7-11-46-28-19-26-25(18-27(28)45-5)31(36-20-35-26)38-29-16-24(39-40-29)17-30(42)37-23-14-21(33)13-22(34)15-23/h1,13-16,18-20H,7-12,17H2,2-5H3,(H,37,42)(H,43,44)(H2,35,36,38,39,40). The quantitative estimate of drug-likeness (QED) is 0.0645. The molecule has 1 atom stereocenters. The molecule has 4 aromatic rings. The first-order chi connectivity index (χ1) is 23.2. The van der Waals surface area contributed by atoms with Crippen LogP contribution in [-0.2, 0) is 24.8 Å². The molecule has 0 spiro atoms. The van der Waals surface area contributed by atoms with Crippen molar-refractivity contribution in [2.24, 2.45) is 0 Å². The number of methoxy groups -OCH3 is 1. The van der Waals surface area contributed by atoms with Crippen molar-refractivity contribution in [1.29, 1.82) is 0 Å². The Morgan fingerprint density at radius 2 is 1.84 bits per heavy atom. The second kappa shape index (κ2) is 16.6. The van der Waals surface area contributed by atoms with Gasteiger partial charge in [0.15, 0.2) is 17.3 Å². The SMILES string of the molecule is C#CCN(CCCOc1cc2ncnc(Nc3cc(CC(=O)Nc4cc(F)cc(F)c4)[nH]n3)c2cc1OC)CCOP(=O)(O)OC(C)(C)C. The van der Waals surface area contributed by atoms with E-state index < -0.39 is 31.0 Å². The fourth-order valence-corrected chi connectivity index (χ4v) is 5.66. The van der Waals surface area contributed by atoms with Gasteiger partial charge in [-0.25, -0.2) is 23.3 Å². The highest BCUT2D eigenvalue weighted by Gasteiger charge is 2.28. The van der Waals surface area contributed by atoms with Crippen LogP contribution in [0.3, 0.4) is 0 Å². The summed E-state index contributed by atoms with van der Waals surface area (Å²) in [7, 11) is -2.70. The van der Waals surface area contributed by atoms with E-state index in [1.807, 2.05) is 4.90 Å². The number of fused-ring (bicyclic) bond motifs is 1. The molecule has 0 saturated carbocycles. The van der Waals surface area contributed by atoms with E-state index in [4.69, 9.17) is 24.9 Å². The molecule has 0 aliphatic heterocycles. The van der Waals surface area contributed by atoms with E-state index in [2.05, 4.69) is 36.7 Å². The fraction of sp³-hybridized carbons (Fsp3) is 0.375. The number of halogens is 2. The molecule has 0 fully saturated rings. The number of rotatable bonds is 17. The van der Waals surface area contributed by atoms with Crippen LogP contribution in [0.25, 0.3) is 10.9 Å². The Morgan fingerprint density at radius 3 is 2.53 bits per heavy atom. The lowest BCUT2D eigenvalue weighted by Crippen LogP contribution is -2.30. The molecule has 49 heavy (non-hydrogen) atoms. The number of hydrogen-bond donors (Lipinski definition) is 4. The Balaban J connectivity index is 1.33. The molecule has 262 valence electrons. The fourth-order valence-electron chi connectivity index (χ4n) is 4.60. The van der Waals surface area contributed by atoms with E-state index >= 15 is 0 Å². The minimum Gasteiger partial charge on any atom is -0.493 e. The number of H-pyrrole nitrogens is 1. The van der Waals surface area contributed by atoms with Crippen LogP contribution in [0.2, 0.25) is 0 Å². The van der Waals surface area contributed by atoms with Crippen LogP contribution in [-0.4, -0.2) is 81.4 Å². The average molecular weight is 702 g/mol. The summed E-state index contributed by atoms with van der Waals surface area (Å²) in [5.74, 6) is 2.15. The number of phosphoric acid groups is 1. The van der Waals surface area contributed by atoms with E-state index in [1.54, 1.807) is 39.0 Å². The highest BCUT2D eigenvalue weighted by molar-refractivity contribution is 7.47. The summed E-state index contributed by atoms with van der Waals surface area (Å²) in [4.78, 5) is 32.9. The number of anilines is 3. The molecule has 17 heteroatoms. The third kappa shape index (κ3) is 11.8. The average Bonchev–Trinajstić information content (AvgIpc) is 3.43. The molecule has 0 aliphatic carbocycles. The molecule has 1 unspecified atom stereocenters. The van der Waals surface area contributed by atoms with Crippen molar-refractivity contribution < 1.29 is 41.6 Å². The second-order valence-corrected chi connectivity index (χ2v) is 13.1. The van der Waals surface area contributed by atoms with Gasteiger partial charge in [-0.2, -0.15) is 5.10 Å². The highest BCUT2D eigenvalue weighted by Crippen LogP contribution is 2.47. The number of carbonyl (C=O) groups excluding carboxylic acids is 1. The molecule has 14 nitrogen and oxygen atoms in total. The van der Waals surface area contributed by atoms with Gasteiger partial charge < -0.3 is 25.0 Å². The van der Waals surface area contributed by atoms with Gasteiger partial charge in [0.2, 0.25) is 5.91 Å². The van der Waals surface area contributed by atoms with Gasteiger partial charge in [-0.3, -0.25) is 23.8 Å². The maximum Gasteiger partial charge on any atom is 0.472 e. The molecule has 0 saturated heterocycles. The Labute approximate surface area is 282 Å². The Hall–Kier alpha value is -4.65. The van der Waals surface area contributed by atoms with Gasteiger partial charge >= 0.3 is 7.82 Å². The Bertz CT molecular complexity index is 1820. The van der Waals surface area contributed by atoms with Gasteiger partial charge in [0.25, 0.3) is 0 Å². The minimum absolute atomic E-state index is 0.00120. The van der Waals surface area contributed by atoms with Crippen molar-refractivity contribution in [3.63, 3.8) is 0 Å². The summed E-state index contributed by atoms with van der Waals surface area (Å²) in [6.45, 7) is 6.40. The third-order valence-electron chi connectivity index (χ3n) is 6.54. The largest absolute Gasteiger partial charge is 0.493 e. The van der Waals surface area contributed by atoms with Crippen LogP contribution in [0.1, 0.15) is 32.9 Å². The van der Waals surface area contributed by atoms with Crippen molar-refractivity contribution in [3.05, 3.63) is 60.1 Å². The van der Waals surface area contributed by atoms with Gasteiger partial charge in [-0.05, 0) is 45.4 Å². The summed E-state index contributed by atoms with van der Waals surface area (Å²) in [6.07, 6.45) is 7.32. The first-order valence-electron chi connectivity index (χ1n) is 15.1. The van der Waals surface area contributed by atoms with Gasteiger partial charge in [0, 0.05) is 48.1 Å².